The summed E-state index contributed by atoms with van der Waals surface area (Å²) in [5.74, 6) is 1.75. The van der Waals surface area contributed by atoms with Crippen molar-refractivity contribution in [3.05, 3.63) is 35.7 Å². The maximum atomic E-state index is 9.06. The third-order valence-corrected chi connectivity index (χ3v) is 3.80. The molecule has 1 aromatic carbocycles. The van der Waals surface area contributed by atoms with Crippen molar-refractivity contribution in [1.29, 1.82) is 5.26 Å². The van der Waals surface area contributed by atoms with Crippen LogP contribution in [0.3, 0.4) is 0 Å². The Morgan fingerprint density at radius 3 is 2.62 bits per heavy atom. The maximum Gasteiger partial charge on any atom is 0.132 e. The number of rotatable bonds is 2. The lowest BCUT2D eigenvalue weighted by atomic mass is 9.95. The lowest BCUT2D eigenvalue weighted by molar-refractivity contribution is 0.504. The number of nitrogens with two attached hydrogens (primary N) is 1. The number of nitriles is 1. The summed E-state index contributed by atoms with van der Waals surface area (Å²) in [6, 6.07) is 10.1. The molecular weight excluding hydrogens is 260 g/mol. The van der Waals surface area contributed by atoms with Crippen LogP contribution in [0, 0.1) is 11.3 Å². The van der Waals surface area contributed by atoms with E-state index in [0.717, 1.165) is 22.9 Å². The molecule has 21 heavy (non-hydrogen) atoms. The molecule has 0 radical (unpaired) electrons. The number of aromatic nitrogens is 2. The minimum Gasteiger partial charge on any atom is -0.383 e. The molecule has 1 saturated carbocycles. The lowest BCUT2D eigenvalue weighted by Crippen LogP contribution is -2.19. The number of hydrogen-bond donors (Lipinski definition) is 1. The Balaban J connectivity index is 2.17. The van der Waals surface area contributed by atoms with Gasteiger partial charge in [-0.15, -0.1) is 0 Å². The normalized spacial score (nSPS) is 15.0. The molecule has 1 aliphatic carbocycles. The summed E-state index contributed by atoms with van der Waals surface area (Å²) in [4.78, 5) is 4.82. The smallest absolute Gasteiger partial charge is 0.132 e. The molecular formula is C17H20N4. The monoisotopic (exact) mass is 280 g/mol. The van der Waals surface area contributed by atoms with Gasteiger partial charge in [-0.05, 0) is 25.0 Å². The van der Waals surface area contributed by atoms with Crippen molar-refractivity contribution in [2.75, 3.05) is 5.73 Å². The second kappa shape index (κ2) is 4.63. The fraction of sp³-hybridized carbons (Fsp3) is 0.412. The first-order chi connectivity index (χ1) is 9.91. The number of nitrogens with zero attached hydrogens (tertiary/aromatic N) is 3. The molecule has 2 aromatic rings. The molecule has 1 heterocycles. The van der Waals surface area contributed by atoms with Gasteiger partial charge in [0, 0.05) is 17.0 Å². The van der Waals surface area contributed by atoms with Crippen LogP contribution in [0.2, 0.25) is 0 Å². The van der Waals surface area contributed by atoms with E-state index in [2.05, 4.69) is 31.4 Å². The maximum absolute atomic E-state index is 9.06. The zero-order valence-electron chi connectivity index (χ0n) is 12.7. The van der Waals surface area contributed by atoms with Crippen molar-refractivity contribution < 1.29 is 0 Å². The fourth-order valence-corrected chi connectivity index (χ4v) is 2.63. The summed E-state index contributed by atoms with van der Waals surface area (Å²) in [6.45, 7) is 6.47. The van der Waals surface area contributed by atoms with E-state index < -0.39 is 0 Å². The Morgan fingerprint density at radius 1 is 1.33 bits per heavy atom. The van der Waals surface area contributed by atoms with Gasteiger partial charge in [-0.2, -0.15) is 5.26 Å². The van der Waals surface area contributed by atoms with Crippen LogP contribution in [0.1, 0.15) is 51.0 Å². The third kappa shape index (κ3) is 2.40. The van der Waals surface area contributed by atoms with Crippen LogP contribution >= 0.6 is 0 Å². The Morgan fingerprint density at radius 2 is 2.05 bits per heavy atom. The second-order valence-electron chi connectivity index (χ2n) is 6.71. The van der Waals surface area contributed by atoms with Crippen LogP contribution in [0.4, 0.5) is 5.82 Å². The SMILES string of the molecule is CC(C)(C)c1nc(-c2cccc(C#N)c2)c(N)n1C1CC1. The molecule has 0 bridgehead atoms. The van der Waals surface area contributed by atoms with Crippen LogP contribution in [0.5, 0.6) is 0 Å². The van der Waals surface area contributed by atoms with Crippen LogP contribution in [0.15, 0.2) is 24.3 Å². The summed E-state index contributed by atoms with van der Waals surface area (Å²) < 4.78 is 2.19. The molecule has 108 valence electrons. The summed E-state index contributed by atoms with van der Waals surface area (Å²) in [5, 5.41) is 9.06. The highest BCUT2D eigenvalue weighted by Crippen LogP contribution is 2.43. The van der Waals surface area contributed by atoms with E-state index in [1.165, 1.54) is 12.8 Å². The number of anilines is 1. The van der Waals surface area contributed by atoms with Gasteiger partial charge in [0.15, 0.2) is 0 Å². The molecule has 1 aromatic heterocycles. The van der Waals surface area contributed by atoms with Crippen molar-refractivity contribution >= 4 is 5.82 Å². The van der Waals surface area contributed by atoms with Crippen molar-refractivity contribution in [3.63, 3.8) is 0 Å². The molecule has 0 spiro atoms. The first-order valence-electron chi connectivity index (χ1n) is 7.30. The number of benzene rings is 1. The Kier molecular flexibility index (Phi) is 3.02. The Labute approximate surface area is 125 Å². The minimum absolute atomic E-state index is 0.0538. The molecule has 2 N–H and O–H groups in total. The average Bonchev–Trinajstić information content (AvgIpc) is 3.21. The first-order valence-corrected chi connectivity index (χ1v) is 7.30. The van der Waals surface area contributed by atoms with Crippen LogP contribution in [-0.2, 0) is 5.41 Å². The van der Waals surface area contributed by atoms with Gasteiger partial charge in [-0.25, -0.2) is 4.98 Å². The van der Waals surface area contributed by atoms with Crippen LogP contribution in [-0.4, -0.2) is 9.55 Å². The van der Waals surface area contributed by atoms with Gasteiger partial charge in [-0.1, -0.05) is 32.9 Å². The predicted octanol–water partition coefficient (Wildman–Crippen LogP) is 3.64. The van der Waals surface area contributed by atoms with E-state index >= 15 is 0 Å². The highest BCUT2D eigenvalue weighted by Gasteiger charge is 2.34. The van der Waals surface area contributed by atoms with Crippen molar-refractivity contribution in [2.45, 2.75) is 45.1 Å². The Bertz CT molecular complexity index is 724. The molecule has 4 heteroatoms. The molecule has 1 aliphatic rings. The summed E-state index contributed by atoms with van der Waals surface area (Å²) in [6.07, 6.45) is 2.34. The molecule has 3 rings (SSSR count). The van der Waals surface area contributed by atoms with Gasteiger partial charge in [0.25, 0.3) is 0 Å². The quantitative estimate of drug-likeness (QED) is 0.913. The van der Waals surface area contributed by atoms with Gasteiger partial charge in [0.2, 0.25) is 0 Å². The van der Waals surface area contributed by atoms with Gasteiger partial charge < -0.3 is 10.3 Å². The van der Waals surface area contributed by atoms with Crippen LogP contribution < -0.4 is 5.73 Å². The van der Waals surface area contributed by atoms with Gasteiger partial charge in [0.05, 0.1) is 11.6 Å². The van der Waals surface area contributed by atoms with Crippen molar-refractivity contribution in [3.8, 4) is 17.3 Å². The lowest BCUT2D eigenvalue weighted by Gasteiger charge is -2.20. The van der Waals surface area contributed by atoms with Crippen molar-refractivity contribution in [2.24, 2.45) is 0 Å². The molecule has 1 fully saturated rings. The zero-order chi connectivity index (χ0) is 15.2. The van der Waals surface area contributed by atoms with Gasteiger partial charge >= 0.3 is 0 Å². The summed E-state index contributed by atoms with van der Waals surface area (Å²) in [7, 11) is 0. The molecule has 4 nitrogen and oxygen atoms in total. The molecule has 0 amide bonds. The minimum atomic E-state index is -0.0538. The van der Waals surface area contributed by atoms with E-state index in [9.17, 15) is 0 Å². The third-order valence-electron chi connectivity index (χ3n) is 3.80. The largest absolute Gasteiger partial charge is 0.383 e. The first kappa shape index (κ1) is 13.7. The van der Waals surface area contributed by atoms with Crippen LogP contribution in [0.25, 0.3) is 11.3 Å². The second-order valence-corrected chi connectivity index (χ2v) is 6.71. The van der Waals surface area contributed by atoms with Gasteiger partial charge in [-0.3, -0.25) is 0 Å². The predicted molar refractivity (Wildman–Crippen MR) is 83.8 cm³/mol. The topological polar surface area (TPSA) is 67.6 Å². The fourth-order valence-electron chi connectivity index (χ4n) is 2.63. The summed E-state index contributed by atoms with van der Waals surface area (Å²) in [5.41, 5.74) is 8.67. The van der Waals surface area contributed by atoms with E-state index in [-0.39, 0.29) is 5.41 Å². The molecule has 0 unspecified atom stereocenters. The van der Waals surface area contributed by atoms with Gasteiger partial charge in [0.1, 0.15) is 17.3 Å². The van der Waals surface area contributed by atoms with E-state index in [4.69, 9.17) is 16.0 Å². The number of nitrogen functional groups attached to an aromatic ring is 1. The number of imidazole rings is 1. The van der Waals surface area contributed by atoms with E-state index in [1.54, 1.807) is 6.07 Å². The van der Waals surface area contributed by atoms with E-state index in [0.29, 0.717) is 11.6 Å². The van der Waals surface area contributed by atoms with E-state index in [1.807, 2.05) is 18.2 Å². The highest BCUT2D eigenvalue weighted by atomic mass is 15.2. The summed E-state index contributed by atoms with van der Waals surface area (Å²) >= 11 is 0. The standard InChI is InChI=1S/C17H20N4/c1-17(2,3)16-20-14(15(19)21(16)13-7-8-13)12-6-4-5-11(9-12)10-18/h4-6,9,13H,7-8,19H2,1-3H3. The molecule has 0 aliphatic heterocycles. The molecule has 0 saturated heterocycles. The van der Waals surface area contributed by atoms with Crippen molar-refractivity contribution in [1.82, 2.24) is 9.55 Å². The Hall–Kier alpha value is -2.28. The number of hydrogen-bond acceptors (Lipinski definition) is 3. The molecule has 0 atom stereocenters. The average molecular weight is 280 g/mol. The highest BCUT2D eigenvalue weighted by molar-refractivity contribution is 5.72. The zero-order valence-corrected chi connectivity index (χ0v) is 12.7.